The van der Waals surface area contributed by atoms with E-state index in [4.69, 9.17) is 26.4 Å². The van der Waals surface area contributed by atoms with Crippen LogP contribution >= 0.6 is 0 Å². The van der Waals surface area contributed by atoms with Crippen LogP contribution in [0.15, 0.2) is 0 Å². The molecule has 2 saturated heterocycles. The molecule has 1 aromatic heterocycles. The van der Waals surface area contributed by atoms with Gasteiger partial charge >= 0.3 is 0 Å². The van der Waals surface area contributed by atoms with E-state index in [1.807, 2.05) is 0 Å². The molecule has 3 heterocycles. The first kappa shape index (κ1) is 45.5. The van der Waals surface area contributed by atoms with Crippen LogP contribution in [0.4, 0.5) is 11.9 Å². The number of piperidine rings is 2. The zero-order valence-corrected chi connectivity index (χ0v) is 35.7. The van der Waals surface area contributed by atoms with Gasteiger partial charge in [-0.15, -0.1) is 0 Å². The van der Waals surface area contributed by atoms with Gasteiger partial charge in [0, 0.05) is 60.4 Å². The second-order valence-corrected chi connectivity index (χ2v) is 17.9. The molecular formula is C40H83N11. The molecule has 0 bridgehead atoms. The summed E-state index contributed by atoms with van der Waals surface area (Å²) < 4.78 is 0. The number of nitrogens with two attached hydrogens (primary N) is 2. The lowest BCUT2D eigenvalue weighted by Gasteiger charge is -2.56. The summed E-state index contributed by atoms with van der Waals surface area (Å²) in [5, 5.41) is 6.58. The van der Waals surface area contributed by atoms with E-state index in [2.05, 4.69) is 120 Å². The maximum absolute atomic E-state index is 5.34. The number of anilines is 2. The Morgan fingerprint density at radius 2 is 0.922 bits per heavy atom. The molecule has 6 N–H and O–H groups in total. The third-order valence-corrected chi connectivity index (χ3v) is 11.8. The molecule has 1 aromatic rings. The second kappa shape index (κ2) is 20.7. The van der Waals surface area contributed by atoms with Crippen molar-refractivity contribution in [3.8, 4) is 0 Å². The molecule has 298 valence electrons. The van der Waals surface area contributed by atoms with Crippen LogP contribution in [0.5, 0.6) is 0 Å². The lowest BCUT2D eigenvalue weighted by atomic mass is 9.77. The van der Waals surface area contributed by atoms with E-state index in [1.54, 1.807) is 0 Å². The first-order chi connectivity index (χ1) is 23.9. The van der Waals surface area contributed by atoms with Crippen molar-refractivity contribution in [3.05, 3.63) is 5.82 Å². The quantitative estimate of drug-likeness (QED) is 0.134. The summed E-state index contributed by atoms with van der Waals surface area (Å²) in [4.78, 5) is 25.5. The molecule has 11 nitrogen and oxygen atoms in total. The molecule has 0 amide bonds. The Morgan fingerprint density at radius 3 is 1.22 bits per heavy atom. The van der Waals surface area contributed by atoms with Gasteiger partial charge in [-0.05, 0) is 154 Å². The predicted molar refractivity (Wildman–Crippen MR) is 220 cm³/mol. The van der Waals surface area contributed by atoms with Gasteiger partial charge in [-0.3, -0.25) is 9.80 Å². The molecule has 2 aliphatic rings. The van der Waals surface area contributed by atoms with Crippen LogP contribution in [0, 0.1) is 6.92 Å². The van der Waals surface area contributed by atoms with E-state index in [0.717, 1.165) is 134 Å². The Hall–Kier alpha value is -1.63. The second-order valence-electron chi connectivity index (χ2n) is 17.9. The maximum atomic E-state index is 5.34. The van der Waals surface area contributed by atoms with Gasteiger partial charge in [-0.2, -0.15) is 15.0 Å². The highest BCUT2D eigenvalue weighted by Crippen LogP contribution is 2.42. The van der Waals surface area contributed by atoms with Gasteiger partial charge < -0.3 is 31.9 Å². The largest absolute Gasteiger partial charge is 0.338 e. The molecule has 0 aliphatic carbocycles. The van der Waals surface area contributed by atoms with Crippen LogP contribution < -0.4 is 31.9 Å². The molecule has 0 radical (unpaired) electrons. The molecule has 0 atom stereocenters. The molecule has 3 rings (SSSR count). The Bertz CT molecular complexity index is 1000. The fourth-order valence-electron chi connectivity index (χ4n) is 8.22. The number of rotatable bonds is 19. The molecule has 51 heavy (non-hydrogen) atoms. The van der Waals surface area contributed by atoms with Crippen molar-refractivity contribution in [2.24, 2.45) is 11.5 Å². The average molecular weight is 718 g/mol. The van der Waals surface area contributed by atoms with Gasteiger partial charge in [0.05, 0.1) is 0 Å². The van der Waals surface area contributed by atoms with E-state index in [1.165, 1.54) is 0 Å². The number of nitrogens with zero attached hydrogens (tertiary/aromatic N) is 7. The van der Waals surface area contributed by atoms with Crippen molar-refractivity contribution < 1.29 is 0 Å². The van der Waals surface area contributed by atoms with Gasteiger partial charge in [-0.1, -0.05) is 26.7 Å². The summed E-state index contributed by atoms with van der Waals surface area (Å²) in [6.07, 6.45) is 11.1. The Balaban J connectivity index is 0.000000641. The zero-order chi connectivity index (χ0) is 38.5. The average Bonchev–Trinajstić information content (AvgIpc) is 3.04. The van der Waals surface area contributed by atoms with Crippen molar-refractivity contribution in [3.63, 3.8) is 0 Å². The van der Waals surface area contributed by atoms with Crippen LogP contribution in [-0.2, 0) is 0 Å². The molecule has 0 unspecified atom stereocenters. The third kappa shape index (κ3) is 13.6. The number of nitrogens with one attached hydrogen (secondary N) is 2. The van der Waals surface area contributed by atoms with Gasteiger partial charge in [0.15, 0.2) is 0 Å². The fraction of sp³-hybridized carbons (Fsp3) is 0.925. The molecule has 0 saturated carbocycles. The normalized spacial score (nSPS) is 20.5. The first-order valence-corrected chi connectivity index (χ1v) is 20.4. The van der Waals surface area contributed by atoms with Crippen molar-refractivity contribution >= 4 is 11.9 Å². The van der Waals surface area contributed by atoms with Crippen molar-refractivity contribution in [2.75, 3.05) is 76.3 Å². The number of hydrogen-bond acceptors (Lipinski definition) is 11. The Kier molecular flexibility index (Phi) is 18.5. The smallest absolute Gasteiger partial charge is 0.230 e. The Morgan fingerprint density at radius 1 is 0.588 bits per heavy atom. The molecule has 0 spiro atoms. The third-order valence-electron chi connectivity index (χ3n) is 11.8. The standard InChI is InChI=1S/C32H61N7.C8H22N4/c1-14-16-18-38(25-20-29(4,5)36(12)30(6,7)21-25)27-33-24(3)34-28(35-27)39(19-17-15-2)26-22-31(8,9)37(13)32(10,11)23-26;9-3-1-5-11-7-8-12-6-2-4-10/h25-26H,14-23H2,1-13H3;11-12H,1-10H2. The summed E-state index contributed by atoms with van der Waals surface area (Å²) in [6, 6.07) is 0.801. The first-order valence-electron chi connectivity index (χ1n) is 20.4. The summed E-state index contributed by atoms with van der Waals surface area (Å²) in [6.45, 7) is 33.3. The SMILES string of the molecule is CCCCN(c1nc(C)nc(N(CCCC)C2CC(C)(C)N(C)C(C)(C)C2)n1)C1CC(C)(C)N(C)C(C)(C)C1.NCCCNCCNCCCN. The summed E-state index contributed by atoms with van der Waals surface area (Å²) in [5.74, 6) is 2.58. The van der Waals surface area contributed by atoms with Crippen LogP contribution in [0.3, 0.4) is 0 Å². The van der Waals surface area contributed by atoms with Crippen LogP contribution in [-0.4, -0.2) is 125 Å². The predicted octanol–water partition coefficient (Wildman–Crippen LogP) is 5.56. The highest BCUT2D eigenvalue weighted by molar-refractivity contribution is 5.42. The lowest BCUT2D eigenvalue weighted by molar-refractivity contribution is -0.0130. The topological polar surface area (TPSA) is 128 Å². The molecule has 2 aliphatic heterocycles. The summed E-state index contributed by atoms with van der Waals surface area (Å²) in [5.41, 5.74) is 11.1. The van der Waals surface area contributed by atoms with Crippen LogP contribution in [0.25, 0.3) is 0 Å². The number of hydrogen-bond donors (Lipinski definition) is 4. The van der Waals surface area contributed by atoms with Crippen LogP contribution in [0.2, 0.25) is 0 Å². The van der Waals surface area contributed by atoms with Gasteiger partial charge in [-0.25, -0.2) is 0 Å². The number of aromatic nitrogens is 3. The molecular weight excluding hydrogens is 635 g/mol. The van der Waals surface area contributed by atoms with Crippen LogP contribution in [0.1, 0.15) is 139 Å². The van der Waals surface area contributed by atoms with Gasteiger partial charge in [0.1, 0.15) is 5.82 Å². The Labute approximate surface area is 314 Å². The minimum absolute atomic E-state index is 0.111. The monoisotopic (exact) mass is 718 g/mol. The van der Waals surface area contributed by atoms with Crippen molar-refractivity contribution in [1.29, 1.82) is 0 Å². The number of likely N-dealkylation sites (tertiary alicyclic amines) is 2. The van der Waals surface area contributed by atoms with Crippen molar-refractivity contribution in [2.45, 2.75) is 175 Å². The van der Waals surface area contributed by atoms with E-state index >= 15 is 0 Å². The zero-order valence-electron chi connectivity index (χ0n) is 35.7. The van der Waals surface area contributed by atoms with E-state index in [-0.39, 0.29) is 22.2 Å². The highest BCUT2D eigenvalue weighted by Gasteiger charge is 2.47. The molecule has 0 aromatic carbocycles. The summed E-state index contributed by atoms with van der Waals surface area (Å²) in [7, 11) is 4.57. The molecule has 11 heteroatoms. The van der Waals surface area contributed by atoms with Crippen molar-refractivity contribution in [1.82, 2.24) is 35.4 Å². The highest BCUT2D eigenvalue weighted by atomic mass is 15.4. The minimum Gasteiger partial charge on any atom is -0.338 e. The number of aryl methyl sites for hydroxylation is 1. The van der Waals surface area contributed by atoms with Gasteiger partial charge in [0.2, 0.25) is 11.9 Å². The molecule has 2 fully saturated rings. The van der Waals surface area contributed by atoms with Gasteiger partial charge in [0.25, 0.3) is 0 Å². The maximum Gasteiger partial charge on any atom is 0.230 e. The van der Waals surface area contributed by atoms with E-state index < -0.39 is 0 Å². The fourth-order valence-corrected chi connectivity index (χ4v) is 8.22. The summed E-state index contributed by atoms with van der Waals surface area (Å²) >= 11 is 0. The number of unbranched alkanes of at least 4 members (excludes halogenated alkanes) is 2. The van der Waals surface area contributed by atoms with E-state index in [9.17, 15) is 0 Å². The minimum atomic E-state index is 0.111. The lowest BCUT2D eigenvalue weighted by Crippen LogP contribution is -2.63. The van der Waals surface area contributed by atoms with E-state index in [0.29, 0.717) is 12.1 Å².